The first-order valence-corrected chi connectivity index (χ1v) is 7.33. The first-order valence-electron chi connectivity index (χ1n) is 7.33. The van der Waals surface area contributed by atoms with E-state index in [2.05, 4.69) is 39.1 Å². The van der Waals surface area contributed by atoms with E-state index >= 15 is 0 Å². The van der Waals surface area contributed by atoms with Crippen LogP contribution < -0.4 is 0 Å². The van der Waals surface area contributed by atoms with Crippen molar-refractivity contribution in [2.45, 2.75) is 18.9 Å². The van der Waals surface area contributed by atoms with E-state index in [4.69, 9.17) is 6.42 Å². The summed E-state index contributed by atoms with van der Waals surface area (Å²) < 4.78 is 9.32. The number of carbonyl (C=O) groups excluding carboxylic acids is 2. The van der Waals surface area contributed by atoms with Crippen LogP contribution in [0.1, 0.15) is 18.4 Å². The van der Waals surface area contributed by atoms with Crippen LogP contribution in [-0.2, 0) is 19.1 Å². The standard InChI is InChI=1S/C20H18O5/c1-4-14-20(18(22)24-2,19(23)25-3)15-8-11-17(21)13-12-16-9-6-5-7-10-16/h1,5-7,9-10,17,21H,14-15H2,2-3H3. The third kappa shape index (κ3) is 5.43. The number of hydrogen-bond donors (Lipinski definition) is 1. The minimum Gasteiger partial charge on any atom is -0.468 e. The van der Waals surface area contributed by atoms with Crippen LogP contribution in [-0.4, -0.2) is 37.4 Å². The van der Waals surface area contributed by atoms with Crippen LogP contribution in [0.15, 0.2) is 30.3 Å². The number of hydrogen-bond acceptors (Lipinski definition) is 5. The first-order chi connectivity index (χ1) is 12.0. The third-order valence-corrected chi connectivity index (χ3v) is 3.31. The number of aliphatic hydroxyl groups excluding tert-OH is 1. The fraction of sp³-hybridized carbons (Fsp3) is 0.300. The Hall–Kier alpha value is -3.20. The maximum absolute atomic E-state index is 12.0. The summed E-state index contributed by atoms with van der Waals surface area (Å²) in [5.41, 5.74) is -0.994. The normalized spacial score (nSPS) is 10.8. The molecule has 0 bridgehead atoms. The number of aliphatic hydroxyl groups is 1. The van der Waals surface area contributed by atoms with Crippen LogP contribution >= 0.6 is 0 Å². The van der Waals surface area contributed by atoms with E-state index in [1.54, 1.807) is 12.1 Å². The van der Waals surface area contributed by atoms with E-state index in [1.165, 1.54) is 0 Å². The quantitative estimate of drug-likeness (QED) is 0.506. The summed E-state index contributed by atoms with van der Waals surface area (Å²) in [6.45, 7) is 0. The van der Waals surface area contributed by atoms with Crippen molar-refractivity contribution in [2.75, 3.05) is 14.2 Å². The Morgan fingerprint density at radius 1 is 1.12 bits per heavy atom. The van der Waals surface area contributed by atoms with E-state index in [-0.39, 0.29) is 12.8 Å². The van der Waals surface area contributed by atoms with Gasteiger partial charge in [-0.25, -0.2) is 0 Å². The van der Waals surface area contributed by atoms with E-state index in [1.807, 2.05) is 18.2 Å². The second-order valence-corrected chi connectivity index (χ2v) is 4.98. The molecule has 0 aliphatic rings. The molecule has 1 N–H and O–H groups in total. The zero-order valence-electron chi connectivity index (χ0n) is 14.0. The number of benzene rings is 1. The second kappa shape index (κ2) is 9.83. The lowest BCUT2D eigenvalue weighted by Crippen LogP contribution is -2.40. The lowest BCUT2D eigenvalue weighted by atomic mass is 9.81. The molecular weight excluding hydrogens is 320 g/mol. The monoisotopic (exact) mass is 338 g/mol. The molecule has 5 nitrogen and oxygen atoms in total. The van der Waals surface area contributed by atoms with Crippen LogP contribution in [0.2, 0.25) is 0 Å². The summed E-state index contributed by atoms with van der Waals surface area (Å²) >= 11 is 0. The van der Waals surface area contributed by atoms with Gasteiger partial charge in [0.05, 0.1) is 14.2 Å². The summed E-state index contributed by atoms with van der Waals surface area (Å²) in [7, 11) is 2.29. The number of terminal acetylenes is 1. The van der Waals surface area contributed by atoms with Gasteiger partial charge in [-0.2, -0.15) is 0 Å². The van der Waals surface area contributed by atoms with Gasteiger partial charge in [0.1, 0.15) is 0 Å². The van der Waals surface area contributed by atoms with Crippen molar-refractivity contribution in [3.05, 3.63) is 35.9 Å². The van der Waals surface area contributed by atoms with Crippen LogP contribution in [0.4, 0.5) is 0 Å². The molecule has 0 spiro atoms. The molecule has 25 heavy (non-hydrogen) atoms. The molecule has 0 saturated heterocycles. The smallest absolute Gasteiger partial charge is 0.325 e. The van der Waals surface area contributed by atoms with E-state index in [9.17, 15) is 14.7 Å². The Morgan fingerprint density at radius 2 is 1.72 bits per heavy atom. The van der Waals surface area contributed by atoms with E-state index in [0.29, 0.717) is 0 Å². The SMILES string of the molecule is C#CCC(CC#CC(O)C#Cc1ccccc1)(C(=O)OC)C(=O)OC. The number of carbonyl (C=O) groups is 2. The van der Waals surface area contributed by atoms with Crippen LogP contribution in [0, 0.1) is 41.4 Å². The van der Waals surface area contributed by atoms with Gasteiger partial charge in [0.25, 0.3) is 0 Å². The number of esters is 2. The van der Waals surface area contributed by atoms with Gasteiger partial charge in [0.2, 0.25) is 0 Å². The molecule has 0 fully saturated rings. The first kappa shape index (κ1) is 19.8. The Kier molecular flexibility index (Phi) is 7.80. The van der Waals surface area contributed by atoms with Crippen molar-refractivity contribution in [3.8, 4) is 36.0 Å². The maximum Gasteiger partial charge on any atom is 0.325 e. The molecule has 0 heterocycles. The highest BCUT2D eigenvalue weighted by atomic mass is 16.5. The average Bonchev–Trinajstić information content (AvgIpc) is 2.65. The molecule has 1 aromatic carbocycles. The molecule has 5 heteroatoms. The number of rotatable bonds is 4. The maximum atomic E-state index is 12.0. The highest BCUT2D eigenvalue weighted by Crippen LogP contribution is 2.29. The van der Waals surface area contributed by atoms with Gasteiger partial charge in [-0.1, -0.05) is 41.9 Å². The molecular formula is C20H18O5. The van der Waals surface area contributed by atoms with Gasteiger partial charge in [-0.05, 0) is 12.1 Å². The topological polar surface area (TPSA) is 72.8 Å². The molecule has 0 aromatic heterocycles. The molecule has 0 aliphatic carbocycles. The largest absolute Gasteiger partial charge is 0.468 e. The van der Waals surface area contributed by atoms with Gasteiger partial charge in [-0.15, -0.1) is 12.3 Å². The predicted molar refractivity (Wildman–Crippen MR) is 91.6 cm³/mol. The van der Waals surface area contributed by atoms with Gasteiger partial charge >= 0.3 is 11.9 Å². The fourth-order valence-corrected chi connectivity index (χ4v) is 2.01. The minimum absolute atomic E-state index is 0.229. The van der Waals surface area contributed by atoms with Crippen molar-refractivity contribution in [3.63, 3.8) is 0 Å². The van der Waals surface area contributed by atoms with Crippen molar-refractivity contribution in [1.82, 2.24) is 0 Å². The van der Waals surface area contributed by atoms with E-state index < -0.39 is 23.5 Å². The summed E-state index contributed by atoms with van der Waals surface area (Å²) in [4.78, 5) is 24.1. The van der Waals surface area contributed by atoms with Crippen molar-refractivity contribution in [1.29, 1.82) is 0 Å². The van der Waals surface area contributed by atoms with Gasteiger partial charge < -0.3 is 14.6 Å². The molecule has 128 valence electrons. The number of methoxy groups -OCH3 is 2. The summed E-state index contributed by atoms with van der Waals surface area (Å²) in [5.74, 6) is 11.0. The Balaban J connectivity index is 2.96. The predicted octanol–water partition coefficient (Wildman–Crippen LogP) is 1.15. The van der Waals surface area contributed by atoms with Gasteiger partial charge in [0.15, 0.2) is 11.5 Å². The fourth-order valence-electron chi connectivity index (χ4n) is 2.01. The molecule has 0 aliphatic heterocycles. The van der Waals surface area contributed by atoms with Crippen molar-refractivity contribution < 1.29 is 24.2 Å². The van der Waals surface area contributed by atoms with E-state index in [0.717, 1.165) is 19.8 Å². The van der Waals surface area contributed by atoms with Gasteiger partial charge in [0, 0.05) is 18.4 Å². The molecule has 0 amide bonds. The lowest BCUT2D eigenvalue weighted by Gasteiger charge is -2.23. The lowest BCUT2D eigenvalue weighted by molar-refractivity contribution is -0.168. The molecule has 1 atom stereocenters. The third-order valence-electron chi connectivity index (χ3n) is 3.31. The molecule has 1 aromatic rings. The molecule has 1 unspecified atom stereocenters. The van der Waals surface area contributed by atoms with Crippen molar-refractivity contribution in [2.24, 2.45) is 5.41 Å². The summed E-state index contributed by atoms with van der Waals surface area (Å²) in [5, 5.41) is 9.81. The Morgan fingerprint density at radius 3 is 2.24 bits per heavy atom. The number of ether oxygens (including phenoxy) is 2. The average molecular weight is 338 g/mol. The second-order valence-electron chi connectivity index (χ2n) is 4.98. The molecule has 1 rings (SSSR count). The minimum atomic E-state index is -1.72. The van der Waals surface area contributed by atoms with Crippen LogP contribution in [0.3, 0.4) is 0 Å². The summed E-state index contributed by atoms with van der Waals surface area (Å²) in [6.07, 6.45) is 3.54. The van der Waals surface area contributed by atoms with Crippen LogP contribution in [0.5, 0.6) is 0 Å². The molecule has 0 saturated carbocycles. The zero-order valence-corrected chi connectivity index (χ0v) is 14.0. The van der Waals surface area contributed by atoms with Crippen molar-refractivity contribution >= 4 is 11.9 Å². The highest BCUT2D eigenvalue weighted by molar-refractivity contribution is 6.00. The molecule has 0 radical (unpaired) electrons. The summed E-state index contributed by atoms with van der Waals surface area (Å²) in [6, 6.07) is 9.08. The Bertz CT molecular complexity index is 750. The highest BCUT2D eigenvalue weighted by Gasteiger charge is 2.47. The van der Waals surface area contributed by atoms with Crippen LogP contribution in [0.25, 0.3) is 0 Å². The van der Waals surface area contributed by atoms with Gasteiger partial charge in [-0.3, -0.25) is 9.59 Å². The zero-order chi connectivity index (χ0) is 18.7. The Labute approximate surface area is 147 Å².